The Bertz CT molecular complexity index is 418. The highest BCUT2D eigenvalue weighted by molar-refractivity contribution is 7.10. The molecule has 2 N–H and O–H groups in total. The Balaban J connectivity index is 1.77. The molecule has 2 aliphatic heterocycles. The predicted octanol–water partition coefficient (Wildman–Crippen LogP) is 0.225. The van der Waals surface area contributed by atoms with Crippen molar-refractivity contribution in [2.45, 2.75) is 36.9 Å². The Hall–Kier alpha value is -0.950. The zero-order valence-corrected chi connectivity index (χ0v) is 9.67. The second-order valence-corrected chi connectivity index (χ2v) is 5.23. The summed E-state index contributed by atoms with van der Waals surface area (Å²) in [6, 6.07) is 3.61. The SMILES string of the molecule is O=C1C[C@H]2O[C@H]([C@@H](O)c3cccs3)[C@H](O)[C@H]2O1. The van der Waals surface area contributed by atoms with Crippen LogP contribution in [0.5, 0.6) is 0 Å². The lowest BCUT2D eigenvalue weighted by Gasteiger charge is -2.21. The third-order valence-corrected chi connectivity index (χ3v) is 4.10. The summed E-state index contributed by atoms with van der Waals surface area (Å²) in [6.07, 6.45) is -3.50. The molecule has 0 radical (unpaired) electrons. The van der Waals surface area contributed by atoms with Gasteiger partial charge in [0.15, 0.2) is 6.10 Å². The molecular formula is C11H12O5S. The summed E-state index contributed by atoms with van der Waals surface area (Å²) in [5.41, 5.74) is 0. The topological polar surface area (TPSA) is 76.0 Å². The van der Waals surface area contributed by atoms with Crippen LogP contribution < -0.4 is 0 Å². The zero-order chi connectivity index (χ0) is 12.0. The van der Waals surface area contributed by atoms with E-state index in [4.69, 9.17) is 9.47 Å². The van der Waals surface area contributed by atoms with Crippen molar-refractivity contribution in [3.63, 3.8) is 0 Å². The van der Waals surface area contributed by atoms with Crippen LogP contribution in [0.4, 0.5) is 0 Å². The Kier molecular flexibility index (Phi) is 2.67. The van der Waals surface area contributed by atoms with E-state index in [0.29, 0.717) is 0 Å². The van der Waals surface area contributed by atoms with Crippen molar-refractivity contribution in [2.75, 3.05) is 0 Å². The standard InChI is InChI=1S/C11H12O5S/c12-7-4-5-10(16-7)9(14)11(15-5)8(13)6-2-1-3-17-6/h1-3,5,8-11,13-14H,4H2/t5-,8+,9-,10+,11-/m1/s1. The molecule has 2 aliphatic rings. The average molecular weight is 256 g/mol. The first-order chi connectivity index (χ1) is 8.16. The lowest BCUT2D eigenvalue weighted by atomic mass is 10.0. The molecule has 0 spiro atoms. The summed E-state index contributed by atoms with van der Waals surface area (Å²) in [6.45, 7) is 0. The van der Waals surface area contributed by atoms with Crippen LogP contribution in [0.3, 0.4) is 0 Å². The Morgan fingerprint density at radius 3 is 3.00 bits per heavy atom. The Morgan fingerprint density at radius 2 is 2.35 bits per heavy atom. The summed E-state index contributed by atoms with van der Waals surface area (Å²) in [5, 5.41) is 21.9. The molecule has 0 unspecified atom stereocenters. The van der Waals surface area contributed by atoms with Crippen LogP contribution in [0.1, 0.15) is 17.4 Å². The summed E-state index contributed by atoms with van der Waals surface area (Å²) in [5.74, 6) is -0.358. The number of carbonyl (C=O) groups excluding carboxylic acids is 1. The molecule has 0 bridgehead atoms. The first kappa shape index (κ1) is 11.2. The lowest BCUT2D eigenvalue weighted by molar-refractivity contribution is -0.147. The van der Waals surface area contributed by atoms with Crippen LogP contribution in [0.25, 0.3) is 0 Å². The van der Waals surface area contributed by atoms with Crippen LogP contribution in [-0.4, -0.2) is 40.6 Å². The maximum Gasteiger partial charge on any atom is 0.309 e. The van der Waals surface area contributed by atoms with Gasteiger partial charge in [-0.05, 0) is 11.4 Å². The van der Waals surface area contributed by atoms with Crippen LogP contribution in [0, 0.1) is 0 Å². The van der Waals surface area contributed by atoms with Crippen LogP contribution in [-0.2, 0) is 14.3 Å². The van der Waals surface area contributed by atoms with Crippen molar-refractivity contribution in [3.05, 3.63) is 22.4 Å². The van der Waals surface area contributed by atoms with E-state index in [0.717, 1.165) is 4.88 Å². The fraction of sp³-hybridized carbons (Fsp3) is 0.545. The fourth-order valence-corrected chi connectivity index (χ4v) is 3.07. The molecule has 0 aliphatic carbocycles. The van der Waals surface area contributed by atoms with E-state index in [1.807, 2.05) is 11.4 Å². The fourth-order valence-electron chi connectivity index (χ4n) is 2.32. The van der Waals surface area contributed by atoms with E-state index in [1.54, 1.807) is 6.07 Å². The molecule has 0 saturated carbocycles. The first-order valence-electron chi connectivity index (χ1n) is 5.41. The van der Waals surface area contributed by atoms with Crippen molar-refractivity contribution in [1.82, 2.24) is 0 Å². The highest BCUT2D eigenvalue weighted by Gasteiger charge is 2.53. The summed E-state index contributed by atoms with van der Waals surface area (Å²) in [4.78, 5) is 11.8. The van der Waals surface area contributed by atoms with Gasteiger partial charge < -0.3 is 19.7 Å². The van der Waals surface area contributed by atoms with Crippen molar-refractivity contribution in [2.24, 2.45) is 0 Å². The molecule has 5 nitrogen and oxygen atoms in total. The summed E-state index contributed by atoms with van der Waals surface area (Å²) >= 11 is 1.40. The number of aliphatic hydroxyl groups is 2. The third kappa shape index (κ3) is 1.77. The second kappa shape index (κ2) is 4.06. The molecule has 92 valence electrons. The molecule has 1 aromatic rings. The number of ether oxygens (including phenoxy) is 2. The lowest BCUT2D eigenvalue weighted by Crippen LogP contribution is -2.35. The van der Waals surface area contributed by atoms with Gasteiger partial charge in [0.2, 0.25) is 0 Å². The number of esters is 1. The van der Waals surface area contributed by atoms with Gasteiger partial charge in [0.05, 0.1) is 6.42 Å². The molecule has 17 heavy (non-hydrogen) atoms. The largest absolute Gasteiger partial charge is 0.457 e. The first-order valence-corrected chi connectivity index (χ1v) is 6.29. The minimum atomic E-state index is -0.969. The molecule has 2 saturated heterocycles. The van der Waals surface area contributed by atoms with Crippen LogP contribution >= 0.6 is 11.3 Å². The number of hydrogen-bond donors (Lipinski definition) is 2. The molecule has 2 fully saturated rings. The van der Waals surface area contributed by atoms with Crippen molar-refractivity contribution >= 4 is 17.3 Å². The molecule has 3 heterocycles. The van der Waals surface area contributed by atoms with Gasteiger partial charge >= 0.3 is 5.97 Å². The van der Waals surface area contributed by atoms with Gasteiger partial charge in [-0.2, -0.15) is 0 Å². The van der Waals surface area contributed by atoms with Gasteiger partial charge in [-0.25, -0.2) is 0 Å². The summed E-state index contributed by atoms with van der Waals surface area (Å²) in [7, 11) is 0. The molecule has 5 atom stereocenters. The van der Waals surface area contributed by atoms with Crippen LogP contribution in [0.15, 0.2) is 17.5 Å². The number of fused-ring (bicyclic) bond motifs is 1. The Labute approximate surface area is 102 Å². The third-order valence-electron chi connectivity index (χ3n) is 3.15. The minimum Gasteiger partial charge on any atom is -0.457 e. The molecular weight excluding hydrogens is 244 g/mol. The minimum absolute atomic E-state index is 0.148. The van der Waals surface area contributed by atoms with E-state index in [2.05, 4.69) is 0 Å². The van der Waals surface area contributed by atoms with Gasteiger partial charge in [0.25, 0.3) is 0 Å². The van der Waals surface area contributed by atoms with Gasteiger partial charge in [-0.15, -0.1) is 11.3 Å². The maximum absolute atomic E-state index is 11.0. The number of thiophene rings is 1. The number of hydrogen-bond acceptors (Lipinski definition) is 6. The Morgan fingerprint density at radius 1 is 1.53 bits per heavy atom. The van der Waals surface area contributed by atoms with Gasteiger partial charge in [-0.3, -0.25) is 4.79 Å². The maximum atomic E-state index is 11.0. The molecule has 3 rings (SSSR count). The van der Waals surface area contributed by atoms with E-state index < -0.39 is 30.5 Å². The van der Waals surface area contributed by atoms with Crippen molar-refractivity contribution < 1.29 is 24.5 Å². The predicted molar refractivity (Wildman–Crippen MR) is 58.4 cm³/mol. The highest BCUT2D eigenvalue weighted by atomic mass is 32.1. The van der Waals surface area contributed by atoms with Gasteiger partial charge in [0, 0.05) is 4.88 Å². The van der Waals surface area contributed by atoms with Gasteiger partial charge in [-0.1, -0.05) is 6.07 Å². The van der Waals surface area contributed by atoms with Crippen LogP contribution in [0.2, 0.25) is 0 Å². The molecule has 6 heteroatoms. The van der Waals surface area contributed by atoms with Crippen molar-refractivity contribution in [1.29, 1.82) is 0 Å². The van der Waals surface area contributed by atoms with E-state index >= 15 is 0 Å². The van der Waals surface area contributed by atoms with Gasteiger partial charge in [0.1, 0.15) is 24.4 Å². The number of rotatable bonds is 2. The highest BCUT2D eigenvalue weighted by Crippen LogP contribution is 2.37. The molecule has 0 amide bonds. The molecule has 1 aromatic heterocycles. The smallest absolute Gasteiger partial charge is 0.309 e. The van der Waals surface area contributed by atoms with E-state index in [-0.39, 0.29) is 12.4 Å². The zero-order valence-electron chi connectivity index (χ0n) is 8.85. The van der Waals surface area contributed by atoms with E-state index in [1.165, 1.54) is 11.3 Å². The number of carbonyl (C=O) groups is 1. The quantitative estimate of drug-likeness (QED) is 0.741. The number of aliphatic hydroxyl groups excluding tert-OH is 2. The molecule has 0 aromatic carbocycles. The monoisotopic (exact) mass is 256 g/mol. The summed E-state index contributed by atoms with van der Waals surface area (Å²) < 4.78 is 10.5. The normalized spacial score (nSPS) is 37.9. The second-order valence-electron chi connectivity index (χ2n) is 4.25. The van der Waals surface area contributed by atoms with E-state index in [9.17, 15) is 15.0 Å². The average Bonchev–Trinajstić information content (AvgIpc) is 2.96. The van der Waals surface area contributed by atoms with Crippen molar-refractivity contribution in [3.8, 4) is 0 Å².